The first-order valence-corrected chi connectivity index (χ1v) is 13.5. The topological polar surface area (TPSA) is 69.7 Å². The van der Waals surface area contributed by atoms with E-state index in [-0.39, 0.29) is 17.1 Å². The molecule has 4 heterocycles. The molecule has 3 saturated heterocycles. The Bertz CT molecular complexity index is 814. The first kappa shape index (κ1) is 24.3. The summed E-state index contributed by atoms with van der Waals surface area (Å²) in [7, 11) is 4.32. The Morgan fingerprint density at radius 2 is 1.29 bits per heavy atom. The van der Waals surface area contributed by atoms with Crippen LogP contribution in [0.2, 0.25) is 0 Å². The van der Waals surface area contributed by atoms with Gasteiger partial charge in [-0.05, 0) is 80.3 Å². The predicted molar refractivity (Wildman–Crippen MR) is 134 cm³/mol. The molecule has 0 amide bonds. The van der Waals surface area contributed by atoms with Crippen LogP contribution in [0.5, 0.6) is 0 Å². The van der Waals surface area contributed by atoms with Crippen molar-refractivity contribution >= 4 is 5.95 Å². The normalized spacial score (nSPS) is 31.1. The molecule has 0 aromatic carbocycles. The van der Waals surface area contributed by atoms with Gasteiger partial charge >= 0.3 is 0 Å². The number of nitrogens with zero attached hydrogens (tertiary/aromatic N) is 6. The Balaban J connectivity index is 1.33. The molecule has 1 N–H and O–H groups in total. The van der Waals surface area contributed by atoms with Crippen molar-refractivity contribution in [1.29, 1.82) is 0 Å². The van der Waals surface area contributed by atoms with Crippen LogP contribution in [0.25, 0.3) is 0 Å². The van der Waals surface area contributed by atoms with Gasteiger partial charge in [0.15, 0.2) is 11.6 Å². The van der Waals surface area contributed by atoms with Gasteiger partial charge in [0.25, 0.3) is 0 Å². The standard InChI is InChI=1S/C26H45N7O/c1-25(2)16-18(17-26(3,4)33(25)34-19-10-8-7-9-11-19)27-24-29-22(20-12-14-31(20)5)28-23(30-24)21-13-15-32(21)6/h18-21H,7-17H2,1-6H3,(H,27,28,29,30). The molecule has 2 unspecified atom stereocenters. The Hall–Kier alpha value is -1.35. The molecule has 1 saturated carbocycles. The lowest BCUT2D eigenvalue weighted by Crippen LogP contribution is -2.63. The van der Waals surface area contributed by atoms with Crippen molar-refractivity contribution in [1.82, 2.24) is 29.8 Å². The van der Waals surface area contributed by atoms with Crippen LogP contribution in [-0.2, 0) is 4.84 Å². The molecule has 8 nitrogen and oxygen atoms in total. The maximum Gasteiger partial charge on any atom is 0.226 e. The van der Waals surface area contributed by atoms with Crippen molar-refractivity contribution in [2.75, 3.05) is 32.5 Å². The fourth-order valence-corrected chi connectivity index (χ4v) is 6.61. The van der Waals surface area contributed by atoms with E-state index in [9.17, 15) is 0 Å². The molecule has 0 radical (unpaired) electrons. The Kier molecular flexibility index (Phi) is 6.63. The third kappa shape index (κ3) is 4.84. The maximum absolute atomic E-state index is 6.68. The minimum Gasteiger partial charge on any atom is -0.351 e. The highest BCUT2D eigenvalue weighted by Crippen LogP contribution is 2.41. The average molecular weight is 472 g/mol. The lowest BCUT2D eigenvalue weighted by Gasteiger charge is -2.55. The molecule has 0 bridgehead atoms. The Morgan fingerprint density at radius 1 is 0.765 bits per heavy atom. The molecule has 1 aromatic rings. The second kappa shape index (κ2) is 9.26. The van der Waals surface area contributed by atoms with E-state index >= 15 is 0 Å². The molecule has 0 spiro atoms. The van der Waals surface area contributed by atoms with E-state index in [1.807, 2.05) is 0 Å². The molecule has 2 atom stereocenters. The largest absolute Gasteiger partial charge is 0.351 e. The highest BCUT2D eigenvalue weighted by Gasteiger charge is 2.48. The van der Waals surface area contributed by atoms with Gasteiger partial charge in [-0.25, -0.2) is 4.98 Å². The lowest BCUT2D eigenvalue weighted by molar-refractivity contribution is -0.309. The van der Waals surface area contributed by atoms with Gasteiger partial charge in [-0.1, -0.05) is 19.3 Å². The number of hydrogen-bond donors (Lipinski definition) is 1. The van der Waals surface area contributed by atoms with Crippen LogP contribution in [0.3, 0.4) is 0 Å². The molecular weight excluding hydrogens is 426 g/mol. The molecule has 1 aromatic heterocycles. The van der Waals surface area contributed by atoms with Gasteiger partial charge < -0.3 is 5.32 Å². The zero-order valence-corrected chi connectivity index (χ0v) is 22.2. The number of aromatic nitrogens is 3. The average Bonchev–Trinajstić information content (AvgIpc) is 2.74. The summed E-state index contributed by atoms with van der Waals surface area (Å²) in [6, 6.07) is 0.912. The zero-order chi connectivity index (χ0) is 24.1. The lowest BCUT2D eigenvalue weighted by atomic mass is 9.79. The highest BCUT2D eigenvalue weighted by atomic mass is 16.7. The summed E-state index contributed by atoms with van der Waals surface area (Å²) in [4.78, 5) is 26.2. The van der Waals surface area contributed by atoms with Crippen molar-refractivity contribution in [2.24, 2.45) is 0 Å². The van der Waals surface area contributed by atoms with Crippen LogP contribution in [0, 0.1) is 0 Å². The van der Waals surface area contributed by atoms with Crippen molar-refractivity contribution < 1.29 is 4.84 Å². The van der Waals surface area contributed by atoms with Gasteiger partial charge in [0.2, 0.25) is 5.95 Å². The third-order valence-electron chi connectivity index (χ3n) is 8.57. The number of hydroxylamine groups is 2. The summed E-state index contributed by atoms with van der Waals surface area (Å²) in [6.45, 7) is 11.5. The smallest absolute Gasteiger partial charge is 0.226 e. The van der Waals surface area contributed by atoms with E-state index < -0.39 is 0 Å². The molecular formula is C26H45N7O. The fraction of sp³-hybridized carbons (Fsp3) is 0.885. The summed E-state index contributed by atoms with van der Waals surface area (Å²) in [5.74, 6) is 2.61. The number of nitrogens with one attached hydrogen (secondary N) is 1. The van der Waals surface area contributed by atoms with Crippen LogP contribution < -0.4 is 5.32 Å². The quantitative estimate of drug-likeness (QED) is 0.658. The number of anilines is 1. The van der Waals surface area contributed by atoms with Gasteiger partial charge in [0.1, 0.15) is 0 Å². The first-order valence-electron chi connectivity index (χ1n) is 13.5. The minimum absolute atomic E-state index is 0.0715. The first-order chi connectivity index (χ1) is 16.1. The summed E-state index contributed by atoms with van der Waals surface area (Å²) in [6.07, 6.45) is 10.9. The van der Waals surface area contributed by atoms with Gasteiger partial charge in [0.05, 0.1) is 18.2 Å². The van der Waals surface area contributed by atoms with E-state index in [0.29, 0.717) is 18.2 Å². The molecule has 4 aliphatic rings. The molecule has 190 valence electrons. The van der Waals surface area contributed by atoms with E-state index in [0.717, 1.165) is 56.4 Å². The second-order valence-corrected chi connectivity index (χ2v) is 12.5. The third-order valence-corrected chi connectivity index (χ3v) is 8.57. The number of rotatable bonds is 6. The highest BCUT2D eigenvalue weighted by molar-refractivity contribution is 5.29. The molecule has 3 aliphatic heterocycles. The summed E-state index contributed by atoms with van der Waals surface area (Å²) < 4.78 is 0. The number of likely N-dealkylation sites (tertiary alicyclic amines) is 2. The Labute approximate surface area is 205 Å². The number of piperidine rings is 1. The van der Waals surface area contributed by atoms with E-state index in [2.05, 4.69) is 62.0 Å². The molecule has 34 heavy (non-hydrogen) atoms. The summed E-state index contributed by atoms with van der Waals surface area (Å²) >= 11 is 0. The zero-order valence-electron chi connectivity index (χ0n) is 22.2. The van der Waals surface area contributed by atoms with E-state index in [1.165, 1.54) is 32.1 Å². The van der Waals surface area contributed by atoms with Gasteiger partial charge in [-0.3, -0.25) is 14.6 Å². The van der Waals surface area contributed by atoms with Crippen LogP contribution >= 0.6 is 0 Å². The second-order valence-electron chi connectivity index (χ2n) is 12.5. The van der Waals surface area contributed by atoms with Gasteiger partial charge in [-0.2, -0.15) is 15.0 Å². The Morgan fingerprint density at radius 3 is 1.74 bits per heavy atom. The molecule has 1 aliphatic carbocycles. The summed E-state index contributed by atoms with van der Waals surface area (Å²) in [5, 5.41) is 6.08. The van der Waals surface area contributed by atoms with Crippen molar-refractivity contribution in [3.05, 3.63) is 11.6 Å². The monoisotopic (exact) mass is 471 g/mol. The summed E-state index contributed by atoms with van der Waals surface area (Å²) in [5.41, 5.74) is -0.143. The van der Waals surface area contributed by atoms with Crippen LogP contribution in [0.15, 0.2) is 0 Å². The number of hydrogen-bond acceptors (Lipinski definition) is 8. The van der Waals surface area contributed by atoms with Crippen molar-refractivity contribution in [2.45, 2.75) is 121 Å². The maximum atomic E-state index is 6.68. The molecule has 4 fully saturated rings. The van der Waals surface area contributed by atoms with Gasteiger partial charge in [0, 0.05) is 30.2 Å². The van der Waals surface area contributed by atoms with Crippen LogP contribution in [0.4, 0.5) is 5.95 Å². The van der Waals surface area contributed by atoms with Crippen molar-refractivity contribution in [3.63, 3.8) is 0 Å². The predicted octanol–water partition coefficient (Wildman–Crippen LogP) is 4.32. The van der Waals surface area contributed by atoms with Crippen LogP contribution in [0.1, 0.15) is 109 Å². The van der Waals surface area contributed by atoms with E-state index in [1.54, 1.807) is 0 Å². The van der Waals surface area contributed by atoms with Crippen LogP contribution in [-0.4, -0.2) is 80.2 Å². The molecule has 5 rings (SSSR count). The van der Waals surface area contributed by atoms with Crippen molar-refractivity contribution in [3.8, 4) is 0 Å². The fourth-order valence-electron chi connectivity index (χ4n) is 6.61. The van der Waals surface area contributed by atoms with E-state index in [4.69, 9.17) is 19.8 Å². The minimum atomic E-state index is -0.0715. The SMILES string of the molecule is CN1CCC1c1nc(NC2CC(C)(C)N(OC3CCCCC3)C(C)(C)C2)nc(C2CCN2C)n1. The molecule has 8 heteroatoms. The van der Waals surface area contributed by atoms with Gasteiger partial charge in [-0.15, -0.1) is 0 Å².